The van der Waals surface area contributed by atoms with E-state index in [0.717, 1.165) is 39.2 Å². The van der Waals surface area contributed by atoms with Gasteiger partial charge in [-0.2, -0.15) is 0 Å². The molecule has 0 radical (unpaired) electrons. The van der Waals surface area contributed by atoms with E-state index in [9.17, 15) is 0 Å². The van der Waals surface area contributed by atoms with E-state index in [-0.39, 0.29) is 0 Å². The monoisotopic (exact) mass is 322 g/mol. The van der Waals surface area contributed by atoms with Crippen LogP contribution in [0.4, 0.5) is 0 Å². The van der Waals surface area contributed by atoms with Gasteiger partial charge in [0.25, 0.3) is 0 Å². The Bertz CT molecular complexity index is 911. The van der Waals surface area contributed by atoms with E-state index >= 15 is 0 Å². The second kappa shape index (κ2) is 5.85. The molecular weight excluding hydrogens is 308 g/mol. The number of hydrogen-bond acceptors (Lipinski definition) is 5. The Hall–Kier alpha value is -2.67. The average molecular weight is 322 g/mol. The van der Waals surface area contributed by atoms with Gasteiger partial charge in [-0.25, -0.2) is 4.98 Å². The standard InChI is InChI=1S/C16H14N6S/c1-22-15(11-6-8-17-9-7-11)20-21-16(22)23-10-14-18-12-4-2-3-5-13(12)19-14/h2-9H,10H2,1H3,(H,18,19). The number of para-hydroxylation sites is 2. The van der Waals surface area contributed by atoms with Crippen molar-refractivity contribution in [2.45, 2.75) is 10.9 Å². The Morgan fingerprint density at radius 2 is 1.91 bits per heavy atom. The zero-order chi connectivity index (χ0) is 15.6. The van der Waals surface area contributed by atoms with E-state index < -0.39 is 0 Å². The molecule has 1 N–H and O–H groups in total. The van der Waals surface area contributed by atoms with Crippen molar-refractivity contribution >= 4 is 22.8 Å². The molecule has 4 rings (SSSR count). The summed E-state index contributed by atoms with van der Waals surface area (Å²) >= 11 is 1.61. The van der Waals surface area contributed by atoms with Crippen LogP contribution in [0, 0.1) is 0 Å². The fourth-order valence-electron chi connectivity index (χ4n) is 2.40. The molecular formula is C16H14N6S. The minimum Gasteiger partial charge on any atom is -0.341 e. The lowest BCUT2D eigenvalue weighted by Crippen LogP contribution is -1.95. The lowest BCUT2D eigenvalue weighted by molar-refractivity contribution is 0.793. The normalized spacial score (nSPS) is 11.2. The van der Waals surface area contributed by atoms with Crippen LogP contribution in [0.15, 0.2) is 53.9 Å². The summed E-state index contributed by atoms with van der Waals surface area (Å²) in [5.41, 5.74) is 3.04. The van der Waals surface area contributed by atoms with Gasteiger partial charge in [-0.05, 0) is 24.3 Å². The molecule has 0 aliphatic rings. The van der Waals surface area contributed by atoms with Crippen LogP contribution in [0.1, 0.15) is 5.82 Å². The van der Waals surface area contributed by atoms with Crippen LogP contribution in [-0.2, 0) is 12.8 Å². The number of hydrogen-bond donors (Lipinski definition) is 1. The summed E-state index contributed by atoms with van der Waals surface area (Å²) in [7, 11) is 1.97. The SMILES string of the molecule is Cn1c(SCc2nc3ccccc3[nH]2)nnc1-c1ccncc1. The maximum Gasteiger partial charge on any atom is 0.191 e. The minimum absolute atomic E-state index is 0.719. The molecule has 3 heterocycles. The summed E-state index contributed by atoms with van der Waals surface area (Å²) < 4.78 is 1.99. The Kier molecular flexibility index (Phi) is 3.55. The lowest BCUT2D eigenvalue weighted by atomic mass is 10.2. The van der Waals surface area contributed by atoms with Gasteiger partial charge >= 0.3 is 0 Å². The Balaban J connectivity index is 1.54. The van der Waals surface area contributed by atoms with E-state index in [2.05, 4.69) is 25.1 Å². The smallest absolute Gasteiger partial charge is 0.191 e. The first kappa shape index (κ1) is 14.0. The number of pyridine rings is 1. The van der Waals surface area contributed by atoms with Gasteiger partial charge in [0.05, 0.1) is 16.8 Å². The Labute approximate surface area is 137 Å². The van der Waals surface area contributed by atoms with Crippen molar-refractivity contribution in [3.05, 3.63) is 54.6 Å². The first-order valence-electron chi connectivity index (χ1n) is 7.17. The van der Waals surface area contributed by atoms with E-state index in [1.165, 1.54) is 0 Å². The highest BCUT2D eigenvalue weighted by Crippen LogP contribution is 2.24. The molecule has 3 aromatic heterocycles. The summed E-state index contributed by atoms with van der Waals surface area (Å²) in [4.78, 5) is 11.9. The number of nitrogens with one attached hydrogen (secondary N) is 1. The summed E-state index contributed by atoms with van der Waals surface area (Å²) in [5.74, 6) is 2.49. The largest absolute Gasteiger partial charge is 0.341 e. The van der Waals surface area contributed by atoms with E-state index in [4.69, 9.17) is 0 Å². The van der Waals surface area contributed by atoms with Crippen molar-refractivity contribution in [2.75, 3.05) is 0 Å². The van der Waals surface area contributed by atoms with Gasteiger partial charge in [0, 0.05) is 25.0 Å². The zero-order valence-electron chi connectivity index (χ0n) is 12.5. The molecule has 0 bridgehead atoms. The summed E-state index contributed by atoms with van der Waals surface area (Å²) in [5, 5.41) is 9.41. The molecule has 0 saturated carbocycles. The molecule has 7 heteroatoms. The molecule has 4 aromatic rings. The molecule has 0 unspecified atom stereocenters. The number of nitrogens with zero attached hydrogens (tertiary/aromatic N) is 5. The Morgan fingerprint density at radius 3 is 2.74 bits per heavy atom. The molecule has 0 saturated heterocycles. The maximum absolute atomic E-state index is 4.58. The maximum atomic E-state index is 4.58. The molecule has 0 fully saturated rings. The average Bonchev–Trinajstić information content (AvgIpc) is 3.17. The highest BCUT2D eigenvalue weighted by Gasteiger charge is 2.12. The first-order valence-corrected chi connectivity index (χ1v) is 8.16. The number of fused-ring (bicyclic) bond motifs is 1. The van der Waals surface area contributed by atoms with Crippen LogP contribution >= 0.6 is 11.8 Å². The number of benzene rings is 1. The molecule has 1 aromatic carbocycles. The van der Waals surface area contributed by atoms with Crippen LogP contribution in [0.5, 0.6) is 0 Å². The van der Waals surface area contributed by atoms with Gasteiger partial charge in [0.15, 0.2) is 11.0 Å². The number of aromatic amines is 1. The first-order chi connectivity index (χ1) is 11.3. The molecule has 0 aliphatic heterocycles. The molecule has 114 valence electrons. The zero-order valence-corrected chi connectivity index (χ0v) is 13.3. The van der Waals surface area contributed by atoms with Gasteiger partial charge in [-0.3, -0.25) is 4.98 Å². The molecule has 6 nitrogen and oxygen atoms in total. The van der Waals surface area contributed by atoms with Crippen molar-refractivity contribution in [2.24, 2.45) is 7.05 Å². The topological polar surface area (TPSA) is 72.3 Å². The highest BCUT2D eigenvalue weighted by molar-refractivity contribution is 7.98. The predicted octanol–water partition coefficient (Wildman–Crippen LogP) is 3.05. The van der Waals surface area contributed by atoms with Gasteiger partial charge in [-0.15, -0.1) is 10.2 Å². The van der Waals surface area contributed by atoms with Gasteiger partial charge in [0.1, 0.15) is 5.82 Å². The highest BCUT2D eigenvalue weighted by atomic mass is 32.2. The number of thioether (sulfide) groups is 1. The molecule has 0 spiro atoms. The summed E-state index contributed by atoms with van der Waals surface area (Å²) in [6.45, 7) is 0. The second-order valence-electron chi connectivity index (χ2n) is 5.09. The fourth-order valence-corrected chi connectivity index (χ4v) is 3.18. The van der Waals surface area contributed by atoms with Crippen LogP contribution in [0.3, 0.4) is 0 Å². The van der Waals surface area contributed by atoms with Crippen LogP contribution < -0.4 is 0 Å². The van der Waals surface area contributed by atoms with Gasteiger partial charge < -0.3 is 9.55 Å². The minimum atomic E-state index is 0.719. The third-order valence-corrected chi connectivity index (χ3v) is 4.58. The predicted molar refractivity (Wildman–Crippen MR) is 89.9 cm³/mol. The van der Waals surface area contributed by atoms with Crippen molar-refractivity contribution in [1.29, 1.82) is 0 Å². The van der Waals surface area contributed by atoms with Crippen LogP contribution in [0.2, 0.25) is 0 Å². The Morgan fingerprint density at radius 1 is 1.09 bits per heavy atom. The molecule has 0 aliphatic carbocycles. The molecule has 0 atom stereocenters. The van der Waals surface area contributed by atoms with Crippen molar-refractivity contribution < 1.29 is 0 Å². The fraction of sp³-hybridized carbons (Fsp3) is 0.125. The lowest BCUT2D eigenvalue weighted by Gasteiger charge is -2.02. The van der Waals surface area contributed by atoms with Crippen molar-refractivity contribution in [3.8, 4) is 11.4 Å². The molecule has 0 amide bonds. The number of imidazole rings is 1. The third-order valence-electron chi connectivity index (χ3n) is 3.55. The number of H-pyrrole nitrogens is 1. The van der Waals surface area contributed by atoms with E-state index in [1.807, 2.05) is 48.0 Å². The summed E-state index contributed by atoms with van der Waals surface area (Å²) in [6, 6.07) is 11.9. The number of rotatable bonds is 4. The van der Waals surface area contributed by atoms with Crippen molar-refractivity contribution in [3.63, 3.8) is 0 Å². The van der Waals surface area contributed by atoms with Gasteiger partial charge in [0.2, 0.25) is 0 Å². The summed E-state index contributed by atoms with van der Waals surface area (Å²) in [6.07, 6.45) is 3.51. The van der Waals surface area contributed by atoms with Crippen molar-refractivity contribution in [1.82, 2.24) is 29.7 Å². The van der Waals surface area contributed by atoms with Crippen LogP contribution in [-0.4, -0.2) is 29.7 Å². The third kappa shape index (κ3) is 2.70. The molecule has 23 heavy (non-hydrogen) atoms. The van der Waals surface area contributed by atoms with E-state index in [1.54, 1.807) is 24.2 Å². The number of aromatic nitrogens is 6. The quantitative estimate of drug-likeness (QED) is 0.585. The van der Waals surface area contributed by atoms with Crippen LogP contribution in [0.25, 0.3) is 22.4 Å². The second-order valence-corrected chi connectivity index (χ2v) is 6.03. The van der Waals surface area contributed by atoms with Gasteiger partial charge in [-0.1, -0.05) is 23.9 Å². The van der Waals surface area contributed by atoms with E-state index in [0.29, 0.717) is 0 Å².